The van der Waals surface area contributed by atoms with E-state index in [4.69, 9.17) is 4.74 Å². The van der Waals surface area contributed by atoms with Gasteiger partial charge in [0.2, 0.25) is 0 Å². The molecule has 0 aliphatic rings. The van der Waals surface area contributed by atoms with Crippen LogP contribution in [0.3, 0.4) is 0 Å². The van der Waals surface area contributed by atoms with Crippen LogP contribution in [0.2, 0.25) is 0 Å². The van der Waals surface area contributed by atoms with Crippen molar-refractivity contribution in [2.45, 2.75) is 0 Å². The lowest BCUT2D eigenvalue weighted by Crippen LogP contribution is -2.06. The van der Waals surface area contributed by atoms with Gasteiger partial charge >= 0.3 is 0 Å². The first kappa shape index (κ1) is 11.1. The summed E-state index contributed by atoms with van der Waals surface area (Å²) in [4.78, 5) is 18.7. The Balaban J connectivity index is 2.34. The van der Waals surface area contributed by atoms with Crippen molar-refractivity contribution < 1.29 is 4.74 Å². The summed E-state index contributed by atoms with van der Waals surface area (Å²) in [7, 11) is 1.60. The van der Waals surface area contributed by atoms with Gasteiger partial charge in [-0.3, -0.25) is 4.79 Å². The highest BCUT2D eigenvalue weighted by molar-refractivity contribution is 6.16. The molecule has 0 radical (unpaired) electrons. The molecule has 4 heteroatoms. The third kappa shape index (κ3) is 1.33. The molecule has 4 nitrogen and oxygen atoms in total. The summed E-state index contributed by atoms with van der Waals surface area (Å²) in [5, 5.41) is 2.59. The Labute approximate surface area is 114 Å². The number of H-pyrrole nitrogens is 2. The molecule has 0 atom stereocenters. The zero-order valence-corrected chi connectivity index (χ0v) is 10.9. The van der Waals surface area contributed by atoms with Crippen molar-refractivity contribution in [3.05, 3.63) is 52.8 Å². The highest BCUT2D eigenvalue weighted by Crippen LogP contribution is 2.30. The van der Waals surface area contributed by atoms with Crippen LogP contribution in [-0.2, 0) is 0 Å². The minimum absolute atomic E-state index is 0.102. The van der Waals surface area contributed by atoms with Crippen LogP contribution >= 0.6 is 0 Å². The van der Waals surface area contributed by atoms with Gasteiger partial charge in [0.1, 0.15) is 5.75 Å². The first-order valence-electron chi connectivity index (χ1n) is 6.39. The molecule has 0 fully saturated rings. The molecule has 4 aromatic rings. The molecule has 0 saturated heterocycles. The van der Waals surface area contributed by atoms with Crippen molar-refractivity contribution in [3.8, 4) is 5.75 Å². The summed E-state index contributed by atoms with van der Waals surface area (Å²) in [5.41, 5.74) is 2.43. The second-order valence-electron chi connectivity index (χ2n) is 4.76. The first-order chi connectivity index (χ1) is 9.79. The maximum absolute atomic E-state index is 12.4. The molecule has 0 bridgehead atoms. The van der Waals surface area contributed by atoms with E-state index in [1.54, 1.807) is 7.11 Å². The quantitative estimate of drug-likeness (QED) is 0.554. The van der Waals surface area contributed by atoms with Gasteiger partial charge in [0, 0.05) is 16.3 Å². The fraction of sp³-hybridized carbons (Fsp3) is 0.0625. The highest BCUT2D eigenvalue weighted by atomic mass is 16.5. The third-order valence-corrected chi connectivity index (χ3v) is 3.69. The van der Waals surface area contributed by atoms with Crippen LogP contribution < -0.4 is 10.3 Å². The molecule has 0 aliphatic carbocycles. The van der Waals surface area contributed by atoms with E-state index in [9.17, 15) is 4.79 Å². The van der Waals surface area contributed by atoms with Gasteiger partial charge in [-0.25, -0.2) is 0 Å². The second-order valence-corrected chi connectivity index (χ2v) is 4.76. The van der Waals surface area contributed by atoms with Gasteiger partial charge in [0.15, 0.2) is 0 Å². The molecular weight excluding hydrogens is 252 g/mol. The standard InChI is InChI=1S/C16H12N2O2/c1-20-12-8-4-6-10-14(12)18-16(19)13-9-5-2-3-7-11(9)17-15(10)13/h2-8,17H,1H3,(H,18,19). The maximum atomic E-state index is 12.4. The highest BCUT2D eigenvalue weighted by Gasteiger charge is 2.13. The van der Waals surface area contributed by atoms with Crippen LogP contribution in [0, 0.1) is 0 Å². The summed E-state index contributed by atoms with van der Waals surface area (Å²) < 4.78 is 5.32. The average Bonchev–Trinajstić information content (AvgIpc) is 2.87. The zero-order valence-electron chi connectivity index (χ0n) is 10.9. The topological polar surface area (TPSA) is 57.9 Å². The van der Waals surface area contributed by atoms with Gasteiger partial charge in [0.05, 0.1) is 23.5 Å². The lowest BCUT2D eigenvalue weighted by Gasteiger charge is -2.05. The van der Waals surface area contributed by atoms with E-state index in [0.29, 0.717) is 11.1 Å². The van der Waals surface area contributed by atoms with Gasteiger partial charge < -0.3 is 14.7 Å². The number of hydrogen-bond acceptors (Lipinski definition) is 2. The number of aromatic amines is 2. The monoisotopic (exact) mass is 264 g/mol. The van der Waals surface area contributed by atoms with Crippen molar-refractivity contribution in [2.75, 3.05) is 7.11 Å². The smallest absolute Gasteiger partial charge is 0.258 e. The number of rotatable bonds is 1. The molecule has 2 aromatic carbocycles. The van der Waals surface area contributed by atoms with Crippen molar-refractivity contribution >= 4 is 32.7 Å². The van der Waals surface area contributed by atoms with Gasteiger partial charge in [-0.15, -0.1) is 0 Å². The molecule has 0 saturated carbocycles. The number of ether oxygens (including phenoxy) is 1. The van der Waals surface area contributed by atoms with Gasteiger partial charge in [0.25, 0.3) is 5.56 Å². The molecule has 0 amide bonds. The fourth-order valence-electron chi connectivity index (χ4n) is 2.79. The number of para-hydroxylation sites is 2. The summed E-state index contributed by atoms with van der Waals surface area (Å²) in [6, 6.07) is 13.6. The van der Waals surface area contributed by atoms with E-state index in [0.717, 1.165) is 27.3 Å². The number of fused-ring (bicyclic) bond motifs is 5. The van der Waals surface area contributed by atoms with Crippen LogP contribution in [0.15, 0.2) is 47.3 Å². The van der Waals surface area contributed by atoms with Crippen LogP contribution in [0.4, 0.5) is 0 Å². The maximum Gasteiger partial charge on any atom is 0.258 e. The van der Waals surface area contributed by atoms with Crippen LogP contribution in [0.1, 0.15) is 0 Å². The molecule has 2 heterocycles. The van der Waals surface area contributed by atoms with E-state index in [-0.39, 0.29) is 5.56 Å². The molecule has 20 heavy (non-hydrogen) atoms. The van der Waals surface area contributed by atoms with Crippen LogP contribution in [-0.4, -0.2) is 17.1 Å². The molecule has 4 rings (SSSR count). The molecular formula is C16H12N2O2. The molecule has 0 spiro atoms. The largest absolute Gasteiger partial charge is 0.495 e. The average molecular weight is 264 g/mol. The lowest BCUT2D eigenvalue weighted by atomic mass is 10.1. The van der Waals surface area contributed by atoms with Crippen molar-refractivity contribution in [2.24, 2.45) is 0 Å². The minimum Gasteiger partial charge on any atom is -0.495 e. The molecule has 2 aromatic heterocycles. The van der Waals surface area contributed by atoms with Gasteiger partial charge in [-0.2, -0.15) is 0 Å². The third-order valence-electron chi connectivity index (χ3n) is 3.69. The van der Waals surface area contributed by atoms with E-state index in [1.807, 2.05) is 42.5 Å². The SMILES string of the molecule is COc1cccc2c1[nH]c(=O)c1c3ccccc3[nH]c21. The van der Waals surface area contributed by atoms with E-state index in [1.165, 1.54) is 0 Å². The number of benzene rings is 2. The predicted octanol–water partition coefficient (Wildman–Crippen LogP) is 3.17. The second kappa shape index (κ2) is 3.87. The lowest BCUT2D eigenvalue weighted by molar-refractivity contribution is 0.419. The van der Waals surface area contributed by atoms with Crippen molar-refractivity contribution in [1.82, 2.24) is 9.97 Å². The Kier molecular flexibility index (Phi) is 2.15. The Hall–Kier alpha value is -2.75. The Morgan fingerprint density at radius 2 is 1.70 bits per heavy atom. The Bertz CT molecular complexity index is 1010. The number of methoxy groups -OCH3 is 1. The minimum atomic E-state index is -0.102. The predicted molar refractivity (Wildman–Crippen MR) is 80.5 cm³/mol. The van der Waals surface area contributed by atoms with Crippen LogP contribution in [0.25, 0.3) is 32.7 Å². The van der Waals surface area contributed by atoms with E-state index in [2.05, 4.69) is 9.97 Å². The summed E-state index contributed by atoms with van der Waals surface area (Å²) >= 11 is 0. The first-order valence-corrected chi connectivity index (χ1v) is 6.39. The molecule has 0 unspecified atom stereocenters. The molecule has 0 aliphatic heterocycles. The Morgan fingerprint density at radius 3 is 2.55 bits per heavy atom. The summed E-state index contributed by atoms with van der Waals surface area (Å²) in [5.74, 6) is 0.667. The van der Waals surface area contributed by atoms with Gasteiger partial charge in [-0.05, 0) is 12.1 Å². The number of pyridine rings is 1. The number of nitrogens with one attached hydrogen (secondary N) is 2. The van der Waals surface area contributed by atoms with E-state index >= 15 is 0 Å². The number of hydrogen-bond donors (Lipinski definition) is 2. The van der Waals surface area contributed by atoms with Crippen molar-refractivity contribution in [1.29, 1.82) is 0 Å². The zero-order chi connectivity index (χ0) is 13.7. The normalized spacial score (nSPS) is 11.4. The van der Waals surface area contributed by atoms with E-state index < -0.39 is 0 Å². The number of aromatic nitrogens is 2. The summed E-state index contributed by atoms with van der Waals surface area (Å²) in [6.07, 6.45) is 0. The molecule has 2 N–H and O–H groups in total. The van der Waals surface area contributed by atoms with Crippen LogP contribution in [0.5, 0.6) is 5.75 Å². The molecule has 98 valence electrons. The summed E-state index contributed by atoms with van der Waals surface area (Å²) in [6.45, 7) is 0. The van der Waals surface area contributed by atoms with Gasteiger partial charge in [-0.1, -0.05) is 30.3 Å². The van der Waals surface area contributed by atoms with Crippen molar-refractivity contribution in [3.63, 3.8) is 0 Å². The fourth-order valence-corrected chi connectivity index (χ4v) is 2.79. The Morgan fingerprint density at radius 1 is 0.900 bits per heavy atom.